The minimum atomic E-state index is -3.90. The van der Waals surface area contributed by atoms with Crippen molar-refractivity contribution in [2.24, 2.45) is 0 Å². The zero-order chi connectivity index (χ0) is 18.2. The van der Waals surface area contributed by atoms with E-state index in [1.54, 1.807) is 12.3 Å². The van der Waals surface area contributed by atoms with E-state index in [1.807, 2.05) is 25.1 Å². The van der Waals surface area contributed by atoms with Gasteiger partial charge in [-0.05, 0) is 52.2 Å². The van der Waals surface area contributed by atoms with Crippen LogP contribution in [0, 0.1) is 6.92 Å². The Labute approximate surface area is 157 Å². The lowest BCUT2D eigenvalue weighted by Gasteiger charge is -2.14. The Kier molecular flexibility index (Phi) is 5.01. The number of halogens is 1. The van der Waals surface area contributed by atoms with Crippen LogP contribution in [0.25, 0.3) is 10.9 Å². The second-order valence-electron chi connectivity index (χ2n) is 5.59. The number of thiophene rings is 1. The van der Waals surface area contributed by atoms with E-state index in [0.29, 0.717) is 3.79 Å². The fourth-order valence-electron chi connectivity index (χ4n) is 2.70. The summed E-state index contributed by atoms with van der Waals surface area (Å²) in [7, 11) is -3.90. The van der Waals surface area contributed by atoms with Crippen molar-refractivity contribution >= 4 is 54.2 Å². The highest BCUT2D eigenvalue weighted by Crippen LogP contribution is 2.27. The molecule has 0 radical (unpaired) electrons. The number of sulfonamides is 1. The van der Waals surface area contributed by atoms with Crippen molar-refractivity contribution in [3.05, 3.63) is 51.4 Å². The van der Waals surface area contributed by atoms with E-state index in [1.165, 1.54) is 6.07 Å². The van der Waals surface area contributed by atoms with Crippen molar-refractivity contribution in [1.29, 1.82) is 0 Å². The first kappa shape index (κ1) is 18.1. The van der Waals surface area contributed by atoms with Gasteiger partial charge in [-0.25, -0.2) is 8.42 Å². The first-order valence-corrected chi connectivity index (χ1v) is 10.4. The average Bonchev–Trinajstić information content (AvgIpc) is 3.14. The molecule has 0 fully saturated rings. The zero-order valence-electron chi connectivity index (χ0n) is 13.1. The van der Waals surface area contributed by atoms with Gasteiger partial charge < -0.3 is 10.1 Å². The van der Waals surface area contributed by atoms with Crippen molar-refractivity contribution < 1.29 is 18.3 Å². The summed E-state index contributed by atoms with van der Waals surface area (Å²) in [4.78, 5) is 14.7. The number of hydrogen-bond donors (Lipinski definition) is 3. The van der Waals surface area contributed by atoms with Gasteiger partial charge in [0.2, 0.25) is 0 Å². The fraction of sp³-hybridized carbons (Fsp3) is 0.188. The molecule has 25 heavy (non-hydrogen) atoms. The summed E-state index contributed by atoms with van der Waals surface area (Å²) in [5.74, 6) is -1.22. The lowest BCUT2D eigenvalue weighted by molar-refractivity contribution is -0.138. The van der Waals surface area contributed by atoms with E-state index < -0.39 is 22.0 Å². The maximum Gasteiger partial charge on any atom is 0.322 e. The number of aryl methyl sites for hydroxylation is 1. The van der Waals surface area contributed by atoms with Crippen LogP contribution in [0.3, 0.4) is 0 Å². The molecule has 0 bridgehead atoms. The molecule has 2 heterocycles. The van der Waals surface area contributed by atoms with Gasteiger partial charge in [0.15, 0.2) is 0 Å². The molecule has 3 rings (SSSR count). The molecular weight excluding hydrogens is 428 g/mol. The van der Waals surface area contributed by atoms with Gasteiger partial charge in [-0.3, -0.25) is 4.79 Å². The molecule has 0 saturated heterocycles. The largest absolute Gasteiger partial charge is 0.480 e. The summed E-state index contributed by atoms with van der Waals surface area (Å²) in [5.41, 5.74) is 2.66. The Morgan fingerprint density at radius 3 is 2.76 bits per heavy atom. The summed E-state index contributed by atoms with van der Waals surface area (Å²) >= 11 is 4.24. The first-order valence-electron chi connectivity index (χ1n) is 7.34. The highest BCUT2D eigenvalue weighted by atomic mass is 79.9. The van der Waals surface area contributed by atoms with Crippen LogP contribution in [-0.4, -0.2) is 30.5 Å². The predicted molar refractivity (Wildman–Crippen MR) is 101 cm³/mol. The van der Waals surface area contributed by atoms with Crippen LogP contribution < -0.4 is 4.72 Å². The van der Waals surface area contributed by atoms with Gasteiger partial charge in [-0.2, -0.15) is 4.72 Å². The van der Waals surface area contributed by atoms with Gasteiger partial charge in [0.1, 0.15) is 10.3 Å². The maximum absolute atomic E-state index is 12.4. The molecule has 2 aromatic heterocycles. The molecule has 3 N–H and O–H groups in total. The SMILES string of the molecule is Cc1cccc2[nH]cc(CC(NS(=O)(=O)c3ccc(Br)s3)C(=O)O)c12. The second kappa shape index (κ2) is 6.91. The van der Waals surface area contributed by atoms with Crippen LogP contribution in [-0.2, 0) is 21.2 Å². The lowest BCUT2D eigenvalue weighted by atomic mass is 10.0. The number of hydrogen-bond acceptors (Lipinski definition) is 4. The normalized spacial score (nSPS) is 13.2. The number of carboxylic acids is 1. The predicted octanol–water partition coefficient (Wildman–Crippen LogP) is 3.27. The van der Waals surface area contributed by atoms with Gasteiger partial charge in [0, 0.05) is 23.5 Å². The third kappa shape index (κ3) is 3.79. The van der Waals surface area contributed by atoms with E-state index >= 15 is 0 Å². The quantitative estimate of drug-likeness (QED) is 0.545. The highest BCUT2D eigenvalue weighted by molar-refractivity contribution is 9.11. The van der Waals surface area contributed by atoms with Gasteiger partial charge in [-0.15, -0.1) is 11.3 Å². The number of aliphatic carboxylic acids is 1. The van der Waals surface area contributed by atoms with Crippen LogP contribution in [0.1, 0.15) is 11.1 Å². The van der Waals surface area contributed by atoms with Crippen molar-refractivity contribution in [2.45, 2.75) is 23.6 Å². The summed E-state index contributed by atoms with van der Waals surface area (Å²) in [5, 5.41) is 10.4. The molecule has 0 aliphatic carbocycles. The molecule has 0 aliphatic heterocycles. The van der Waals surface area contributed by atoms with Crippen molar-refractivity contribution in [2.75, 3.05) is 0 Å². The van der Waals surface area contributed by atoms with Crippen molar-refractivity contribution in [1.82, 2.24) is 9.71 Å². The van der Waals surface area contributed by atoms with Crippen molar-refractivity contribution in [3.8, 4) is 0 Å². The number of aromatic amines is 1. The molecule has 0 amide bonds. The molecule has 1 unspecified atom stereocenters. The van der Waals surface area contributed by atoms with E-state index in [9.17, 15) is 18.3 Å². The van der Waals surface area contributed by atoms with Crippen LogP contribution in [0.15, 0.2) is 44.5 Å². The topological polar surface area (TPSA) is 99.3 Å². The molecular formula is C16H15BrN2O4S2. The van der Waals surface area contributed by atoms with E-state index in [4.69, 9.17) is 0 Å². The Bertz CT molecular complexity index is 1040. The molecule has 9 heteroatoms. The zero-order valence-corrected chi connectivity index (χ0v) is 16.3. The van der Waals surface area contributed by atoms with E-state index in [0.717, 1.165) is 33.4 Å². The summed E-state index contributed by atoms with van der Waals surface area (Å²) in [6, 6.07) is 7.52. The number of carboxylic acid groups (broad SMARTS) is 1. The number of fused-ring (bicyclic) bond motifs is 1. The molecule has 0 spiro atoms. The first-order chi connectivity index (χ1) is 11.8. The summed E-state index contributed by atoms with van der Waals surface area (Å²) < 4.78 is 27.9. The number of H-pyrrole nitrogens is 1. The average molecular weight is 443 g/mol. The Hall–Kier alpha value is -1.68. The third-order valence-corrected chi connectivity index (χ3v) is 7.42. The standard InChI is InChI=1S/C16H15BrN2O4S2/c1-9-3-2-4-11-15(9)10(8-18-11)7-12(16(20)21)19-25(22,23)14-6-5-13(17)24-14/h2-6,8,12,18-19H,7H2,1H3,(H,20,21). The summed E-state index contributed by atoms with van der Waals surface area (Å²) in [6.07, 6.45) is 1.77. The molecule has 0 saturated carbocycles. The van der Waals surface area contributed by atoms with Gasteiger partial charge in [0.25, 0.3) is 10.0 Å². The molecule has 6 nitrogen and oxygen atoms in total. The maximum atomic E-state index is 12.4. The second-order valence-corrected chi connectivity index (χ2v) is 9.99. The smallest absolute Gasteiger partial charge is 0.322 e. The van der Waals surface area contributed by atoms with Crippen LogP contribution in [0.2, 0.25) is 0 Å². The molecule has 132 valence electrons. The molecule has 1 atom stereocenters. The number of benzene rings is 1. The van der Waals surface area contributed by atoms with Crippen LogP contribution in [0.5, 0.6) is 0 Å². The number of nitrogens with one attached hydrogen (secondary N) is 2. The van der Waals surface area contributed by atoms with Crippen LogP contribution >= 0.6 is 27.3 Å². The molecule has 3 aromatic rings. The van der Waals surface area contributed by atoms with Gasteiger partial charge >= 0.3 is 5.97 Å². The van der Waals surface area contributed by atoms with Gasteiger partial charge in [0.05, 0.1) is 3.79 Å². The number of aromatic nitrogens is 1. The summed E-state index contributed by atoms with van der Waals surface area (Å²) in [6.45, 7) is 1.93. The number of rotatable bonds is 6. The van der Waals surface area contributed by atoms with E-state index in [-0.39, 0.29) is 10.6 Å². The number of carbonyl (C=O) groups is 1. The van der Waals surface area contributed by atoms with E-state index in [2.05, 4.69) is 25.6 Å². The minimum absolute atomic E-state index is 0.0476. The highest BCUT2D eigenvalue weighted by Gasteiger charge is 2.27. The Morgan fingerprint density at radius 2 is 2.12 bits per heavy atom. The lowest BCUT2D eigenvalue weighted by Crippen LogP contribution is -2.42. The molecule has 0 aliphatic rings. The Morgan fingerprint density at radius 1 is 1.36 bits per heavy atom. The third-order valence-electron chi connectivity index (χ3n) is 3.83. The Balaban J connectivity index is 1.90. The van der Waals surface area contributed by atoms with Crippen molar-refractivity contribution in [3.63, 3.8) is 0 Å². The fourth-order valence-corrected chi connectivity index (χ4v) is 5.91. The van der Waals surface area contributed by atoms with Gasteiger partial charge in [-0.1, -0.05) is 12.1 Å². The minimum Gasteiger partial charge on any atom is -0.480 e. The monoisotopic (exact) mass is 442 g/mol. The molecule has 1 aromatic carbocycles. The van der Waals surface area contributed by atoms with Crippen LogP contribution in [0.4, 0.5) is 0 Å².